The minimum Gasteiger partial charge on any atom is -0.336 e. The molecule has 1 heterocycles. The number of aromatic amines is 1. The van der Waals surface area contributed by atoms with E-state index >= 15 is 0 Å². The molecule has 0 spiro atoms. The molecule has 1 aromatic heterocycles. The number of urea groups is 1. The van der Waals surface area contributed by atoms with Crippen LogP contribution in [0.4, 0.5) is 4.79 Å². The third-order valence-electron chi connectivity index (χ3n) is 3.69. The van der Waals surface area contributed by atoms with Gasteiger partial charge < -0.3 is 10.6 Å². The summed E-state index contributed by atoms with van der Waals surface area (Å²) in [7, 11) is 0. The van der Waals surface area contributed by atoms with Crippen molar-refractivity contribution in [1.82, 2.24) is 20.2 Å². The predicted molar refractivity (Wildman–Crippen MR) is 92.0 cm³/mol. The first kappa shape index (κ1) is 18.0. The van der Waals surface area contributed by atoms with E-state index in [1.54, 1.807) is 6.07 Å². The standard InChI is InChI=1S/C17H19N5O3/c1-2-14(12-6-4-3-5-7-12)20-16(24)19-8-9-22-11-13(10-18)15(23)21-17(22)25/h3-7,11,14H,2,8-9H2,1H3,(H2,19,20,24)(H,21,23,25)/t14-/m0/s1. The zero-order valence-electron chi connectivity index (χ0n) is 13.8. The zero-order valence-corrected chi connectivity index (χ0v) is 13.8. The molecule has 25 heavy (non-hydrogen) atoms. The highest BCUT2D eigenvalue weighted by molar-refractivity contribution is 5.74. The van der Waals surface area contributed by atoms with Gasteiger partial charge in [-0.2, -0.15) is 5.26 Å². The van der Waals surface area contributed by atoms with Crippen LogP contribution in [-0.4, -0.2) is 22.1 Å². The second-order valence-electron chi connectivity index (χ2n) is 5.38. The van der Waals surface area contributed by atoms with Crippen molar-refractivity contribution >= 4 is 6.03 Å². The van der Waals surface area contributed by atoms with Gasteiger partial charge in [0.1, 0.15) is 11.6 Å². The van der Waals surface area contributed by atoms with Crippen LogP contribution in [0.2, 0.25) is 0 Å². The highest BCUT2D eigenvalue weighted by Crippen LogP contribution is 2.15. The number of nitrogens with one attached hydrogen (secondary N) is 3. The van der Waals surface area contributed by atoms with Crippen molar-refractivity contribution in [3.8, 4) is 6.07 Å². The topological polar surface area (TPSA) is 120 Å². The molecule has 1 aromatic carbocycles. The molecule has 0 fully saturated rings. The van der Waals surface area contributed by atoms with Gasteiger partial charge in [0.2, 0.25) is 0 Å². The number of amides is 2. The van der Waals surface area contributed by atoms with Crippen LogP contribution in [0.3, 0.4) is 0 Å². The van der Waals surface area contributed by atoms with Gasteiger partial charge in [-0.3, -0.25) is 14.3 Å². The van der Waals surface area contributed by atoms with Crippen molar-refractivity contribution < 1.29 is 4.79 Å². The number of nitriles is 1. The number of aromatic nitrogens is 2. The molecule has 0 saturated heterocycles. The summed E-state index contributed by atoms with van der Waals surface area (Å²) in [6.07, 6.45) is 1.92. The van der Waals surface area contributed by atoms with Crippen LogP contribution in [0.5, 0.6) is 0 Å². The van der Waals surface area contributed by atoms with Crippen LogP contribution >= 0.6 is 0 Å². The van der Waals surface area contributed by atoms with Crippen LogP contribution in [0, 0.1) is 11.3 Å². The molecule has 2 amide bonds. The van der Waals surface area contributed by atoms with E-state index in [-0.39, 0.29) is 30.7 Å². The predicted octanol–water partition coefficient (Wildman–Crippen LogP) is 0.859. The fraction of sp³-hybridized carbons (Fsp3) is 0.294. The second-order valence-corrected chi connectivity index (χ2v) is 5.38. The van der Waals surface area contributed by atoms with Gasteiger partial charge in [0.15, 0.2) is 0 Å². The fourth-order valence-electron chi connectivity index (χ4n) is 2.36. The van der Waals surface area contributed by atoms with Gasteiger partial charge in [-0.25, -0.2) is 9.59 Å². The molecule has 0 bridgehead atoms. The van der Waals surface area contributed by atoms with Crippen LogP contribution in [0.15, 0.2) is 46.1 Å². The summed E-state index contributed by atoms with van der Waals surface area (Å²) >= 11 is 0. The number of rotatable bonds is 6. The molecule has 2 rings (SSSR count). The Morgan fingerprint density at radius 1 is 1.32 bits per heavy atom. The van der Waals surface area contributed by atoms with Gasteiger partial charge in [0.05, 0.1) is 6.04 Å². The molecule has 0 unspecified atom stereocenters. The lowest BCUT2D eigenvalue weighted by Crippen LogP contribution is -2.40. The van der Waals surface area contributed by atoms with Crippen LogP contribution in [-0.2, 0) is 6.54 Å². The normalized spacial score (nSPS) is 11.4. The Morgan fingerprint density at radius 2 is 2.04 bits per heavy atom. The summed E-state index contributed by atoms with van der Waals surface area (Å²) in [6, 6.07) is 10.9. The molecule has 1 atom stereocenters. The number of carbonyl (C=O) groups excluding carboxylic acids is 1. The number of benzene rings is 1. The monoisotopic (exact) mass is 341 g/mol. The Morgan fingerprint density at radius 3 is 2.68 bits per heavy atom. The quantitative estimate of drug-likeness (QED) is 0.721. The Labute approximate surface area is 144 Å². The Bertz CT molecular complexity index is 880. The summed E-state index contributed by atoms with van der Waals surface area (Å²) in [5.74, 6) is 0. The summed E-state index contributed by atoms with van der Waals surface area (Å²) < 4.78 is 1.18. The minimum atomic E-state index is -0.719. The van der Waals surface area contributed by atoms with Gasteiger partial charge in [-0.1, -0.05) is 37.3 Å². The Kier molecular flexibility index (Phi) is 6.12. The number of hydrogen-bond donors (Lipinski definition) is 3. The SMILES string of the molecule is CC[C@H](NC(=O)NCCn1cc(C#N)c(=O)[nH]c1=O)c1ccccc1. The van der Waals surface area contributed by atoms with Crippen molar-refractivity contribution in [3.05, 3.63) is 68.5 Å². The van der Waals surface area contributed by atoms with Gasteiger partial charge in [-0.05, 0) is 12.0 Å². The molecule has 8 heteroatoms. The smallest absolute Gasteiger partial charge is 0.328 e. The Hall–Kier alpha value is -3.34. The molecule has 130 valence electrons. The largest absolute Gasteiger partial charge is 0.336 e. The molecule has 0 aliphatic rings. The maximum Gasteiger partial charge on any atom is 0.328 e. The van der Waals surface area contributed by atoms with E-state index in [0.29, 0.717) is 0 Å². The Balaban J connectivity index is 1.92. The van der Waals surface area contributed by atoms with Crippen LogP contribution in [0.1, 0.15) is 30.5 Å². The van der Waals surface area contributed by atoms with E-state index in [1.807, 2.05) is 37.3 Å². The van der Waals surface area contributed by atoms with E-state index in [4.69, 9.17) is 5.26 Å². The van der Waals surface area contributed by atoms with Gasteiger partial charge in [0.25, 0.3) is 5.56 Å². The molecule has 0 aliphatic heterocycles. The van der Waals surface area contributed by atoms with Crippen molar-refractivity contribution in [1.29, 1.82) is 5.26 Å². The maximum absolute atomic E-state index is 12.0. The summed E-state index contributed by atoms with van der Waals surface area (Å²) in [5.41, 5.74) is -0.486. The minimum absolute atomic E-state index is 0.109. The third-order valence-corrected chi connectivity index (χ3v) is 3.69. The zero-order chi connectivity index (χ0) is 18.2. The van der Waals surface area contributed by atoms with Crippen LogP contribution < -0.4 is 21.9 Å². The summed E-state index contributed by atoms with van der Waals surface area (Å²) in [6.45, 7) is 2.29. The summed E-state index contributed by atoms with van der Waals surface area (Å²) in [5, 5.41) is 14.3. The molecular formula is C17H19N5O3. The average molecular weight is 341 g/mol. The van der Waals surface area contributed by atoms with Crippen LogP contribution in [0.25, 0.3) is 0 Å². The molecule has 8 nitrogen and oxygen atoms in total. The van der Waals surface area contributed by atoms with Crippen molar-refractivity contribution in [2.24, 2.45) is 0 Å². The number of carbonyl (C=O) groups is 1. The molecular weight excluding hydrogens is 322 g/mol. The first-order valence-corrected chi connectivity index (χ1v) is 7.88. The lowest BCUT2D eigenvalue weighted by atomic mass is 10.1. The second kappa shape index (κ2) is 8.49. The molecule has 0 radical (unpaired) electrons. The van der Waals surface area contributed by atoms with E-state index in [0.717, 1.165) is 12.0 Å². The number of nitrogens with zero attached hydrogens (tertiary/aromatic N) is 2. The first-order valence-electron chi connectivity index (χ1n) is 7.88. The maximum atomic E-state index is 12.0. The third kappa shape index (κ3) is 4.81. The van der Waals surface area contributed by atoms with Crippen molar-refractivity contribution in [3.63, 3.8) is 0 Å². The van der Waals surface area contributed by atoms with E-state index < -0.39 is 11.2 Å². The molecule has 2 aromatic rings. The highest BCUT2D eigenvalue weighted by Gasteiger charge is 2.12. The van der Waals surface area contributed by atoms with Gasteiger partial charge in [-0.15, -0.1) is 0 Å². The van der Waals surface area contributed by atoms with Crippen molar-refractivity contribution in [2.45, 2.75) is 25.9 Å². The average Bonchev–Trinajstić information content (AvgIpc) is 2.62. The number of hydrogen-bond acceptors (Lipinski definition) is 4. The van der Waals surface area contributed by atoms with E-state index in [2.05, 4.69) is 15.6 Å². The van der Waals surface area contributed by atoms with E-state index in [9.17, 15) is 14.4 Å². The highest BCUT2D eigenvalue weighted by atomic mass is 16.2. The fourth-order valence-corrected chi connectivity index (χ4v) is 2.36. The van der Waals surface area contributed by atoms with E-state index in [1.165, 1.54) is 10.8 Å². The van der Waals surface area contributed by atoms with Gasteiger partial charge in [0, 0.05) is 19.3 Å². The van der Waals surface area contributed by atoms with Crippen molar-refractivity contribution in [2.75, 3.05) is 6.54 Å². The molecule has 0 aliphatic carbocycles. The first-order chi connectivity index (χ1) is 12.0. The molecule has 3 N–H and O–H groups in total. The van der Waals surface area contributed by atoms with Gasteiger partial charge >= 0.3 is 11.7 Å². The lowest BCUT2D eigenvalue weighted by molar-refractivity contribution is 0.236. The lowest BCUT2D eigenvalue weighted by Gasteiger charge is -2.18. The summed E-state index contributed by atoms with van der Waals surface area (Å²) in [4.78, 5) is 37.1. The number of H-pyrrole nitrogens is 1. The molecule has 0 saturated carbocycles.